The largest absolute Gasteiger partial charge is 0.481 e. The lowest BCUT2D eigenvalue weighted by molar-refractivity contribution is -0.141. The number of rotatable bonds is 4. The molecule has 1 unspecified atom stereocenters. The number of hydrogen-bond donors (Lipinski definition) is 1. The molecule has 0 spiro atoms. The number of carboxylic acids is 1. The normalized spacial score (nSPS) is 12.3. The number of hydrogen-bond acceptors (Lipinski definition) is 2. The Bertz CT molecular complexity index is 505. The lowest BCUT2D eigenvalue weighted by Crippen LogP contribution is -2.14. The summed E-state index contributed by atoms with van der Waals surface area (Å²) in [5.74, 6) is -1.19. The van der Waals surface area contributed by atoms with Gasteiger partial charge in [-0.05, 0) is 18.2 Å². The quantitative estimate of drug-likeness (QED) is 0.875. The van der Waals surface area contributed by atoms with Gasteiger partial charge in [-0.15, -0.1) is 0 Å². The Morgan fingerprint density at radius 1 is 1.35 bits per heavy atom. The van der Waals surface area contributed by atoms with E-state index in [0.717, 1.165) is 11.4 Å². The maximum Gasteiger partial charge on any atom is 0.306 e. The van der Waals surface area contributed by atoms with E-state index in [1.807, 2.05) is 36.4 Å². The Morgan fingerprint density at radius 2 is 2.06 bits per heavy atom. The molecule has 1 aromatic carbocycles. The Kier molecular flexibility index (Phi) is 3.23. The monoisotopic (exact) mass is 230 g/mol. The standard InChI is InChI=1S/C13H14N2O2/c1-10(13(16)17)9-12-7-8-14-15(12)11-5-3-2-4-6-11/h2-8,10H,9H2,1H3,(H,16,17). The molecule has 4 nitrogen and oxygen atoms in total. The average molecular weight is 230 g/mol. The van der Waals surface area contributed by atoms with Crippen LogP contribution in [-0.2, 0) is 11.2 Å². The van der Waals surface area contributed by atoms with Crippen LogP contribution in [0.5, 0.6) is 0 Å². The molecule has 1 N–H and O–H groups in total. The van der Waals surface area contributed by atoms with E-state index in [0.29, 0.717) is 6.42 Å². The van der Waals surface area contributed by atoms with Crippen molar-refractivity contribution < 1.29 is 9.90 Å². The summed E-state index contributed by atoms with van der Waals surface area (Å²) in [5, 5.41) is 13.1. The van der Waals surface area contributed by atoms with Crippen LogP contribution in [0.4, 0.5) is 0 Å². The SMILES string of the molecule is CC(Cc1ccnn1-c1ccccc1)C(=O)O. The van der Waals surface area contributed by atoms with Gasteiger partial charge in [-0.2, -0.15) is 5.10 Å². The van der Waals surface area contributed by atoms with Crippen LogP contribution in [0, 0.1) is 5.92 Å². The molecule has 4 heteroatoms. The molecule has 0 saturated heterocycles. The highest BCUT2D eigenvalue weighted by molar-refractivity contribution is 5.69. The van der Waals surface area contributed by atoms with Crippen molar-refractivity contribution in [3.63, 3.8) is 0 Å². The molecular weight excluding hydrogens is 216 g/mol. The van der Waals surface area contributed by atoms with Crippen LogP contribution in [0.1, 0.15) is 12.6 Å². The van der Waals surface area contributed by atoms with Gasteiger partial charge in [0.05, 0.1) is 11.6 Å². The van der Waals surface area contributed by atoms with E-state index in [-0.39, 0.29) is 0 Å². The summed E-state index contributed by atoms with van der Waals surface area (Å²) in [4.78, 5) is 10.8. The first-order chi connectivity index (χ1) is 8.18. The van der Waals surface area contributed by atoms with Crippen LogP contribution < -0.4 is 0 Å². The van der Waals surface area contributed by atoms with Crippen molar-refractivity contribution >= 4 is 5.97 Å². The second kappa shape index (κ2) is 4.82. The molecule has 1 atom stereocenters. The summed E-state index contributed by atoms with van der Waals surface area (Å²) in [6.45, 7) is 1.70. The van der Waals surface area contributed by atoms with E-state index in [9.17, 15) is 4.79 Å². The van der Waals surface area contributed by atoms with Gasteiger partial charge in [-0.3, -0.25) is 4.79 Å². The van der Waals surface area contributed by atoms with E-state index in [2.05, 4.69) is 5.10 Å². The Morgan fingerprint density at radius 3 is 2.71 bits per heavy atom. The zero-order valence-electron chi connectivity index (χ0n) is 9.58. The number of carboxylic acid groups (broad SMARTS) is 1. The zero-order valence-corrected chi connectivity index (χ0v) is 9.58. The molecule has 17 heavy (non-hydrogen) atoms. The maximum absolute atomic E-state index is 10.8. The first-order valence-electron chi connectivity index (χ1n) is 5.49. The van der Waals surface area contributed by atoms with Gasteiger partial charge < -0.3 is 5.11 Å². The van der Waals surface area contributed by atoms with Crippen molar-refractivity contribution in [1.29, 1.82) is 0 Å². The predicted octanol–water partition coefficient (Wildman–Crippen LogP) is 2.14. The fourth-order valence-electron chi connectivity index (χ4n) is 1.69. The van der Waals surface area contributed by atoms with E-state index in [1.165, 1.54) is 0 Å². The Balaban J connectivity index is 2.26. The third-order valence-corrected chi connectivity index (χ3v) is 2.66. The molecule has 88 valence electrons. The van der Waals surface area contributed by atoms with Gasteiger partial charge in [-0.25, -0.2) is 4.68 Å². The Labute approximate surface area is 99.5 Å². The first kappa shape index (κ1) is 11.4. The van der Waals surface area contributed by atoms with Crippen LogP contribution in [0.2, 0.25) is 0 Å². The third-order valence-electron chi connectivity index (χ3n) is 2.66. The van der Waals surface area contributed by atoms with Crippen LogP contribution in [0.15, 0.2) is 42.6 Å². The summed E-state index contributed by atoms with van der Waals surface area (Å²) in [6, 6.07) is 11.5. The number of carbonyl (C=O) groups is 1. The van der Waals surface area contributed by atoms with E-state index in [1.54, 1.807) is 17.8 Å². The molecule has 1 aromatic heterocycles. The van der Waals surface area contributed by atoms with Crippen LogP contribution in [0.25, 0.3) is 5.69 Å². The maximum atomic E-state index is 10.8. The molecule has 2 rings (SSSR count). The van der Waals surface area contributed by atoms with Crippen molar-refractivity contribution in [3.8, 4) is 5.69 Å². The minimum Gasteiger partial charge on any atom is -0.481 e. The molecule has 2 aromatic rings. The van der Waals surface area contributed by atoms with Crippen LogP contribution >= 0.6 is 0 Å². The van der Waals surface area contributed by atoms with Crippen molar-refractivity contribution in [3.05, 3.63) is 48.3 Å². The highest BCUT2D eigenvalue weighted by Crippen LogP contribution is 2.13. The van der Waals surface area contributed by atoms with Crippen LogP contribution in [0.3, 0.4) is 0 Å². The summed E-state index contributed by atoms with van der Waals surface area (Å²) in [5.41, 5.74) is 1.86. The first-order valence-corrected chi connectivity index (χ1v) is 5.49. The number of benzene rings is 1. The van der Waals surface area contributed by atoms with Gasteiger partial charge in [0, 0.05) is 18.3 Å². The fraction of sp³-hybridized carbons (Fsp3) is 0.231. The van der Waals surface area contributed by atoms with Crippen molar-refractivity contribution in [2.45, 2.75) is 13.3 Å². The van der Waals surface area contributed by atoms with Crippen molar-refractivity contribution in [1.82, 2.24) is 9.78 Å². The predicted molar refractivity (Wildman–Crippen MR) is 64.1 cm³/mol. The highest BCUT2D eigenvalue weighted by atomic mass is 16.4. The minimum absolute atomic E-state index is 0.408. The topological polar surface area (TPSA) is 55.1 Å². The molecule has 0 aliphatic rings. The zero-order chi connectivity index (χ0) is 12.3. The summed E-state index contributed by atoms with van der Waals surface area (Å²) < 4.78 is 1.78. The fourth-order valence-corrected chi connectivity index (χ4v) is 1.69. The van der Waals surface area contributed by atoms with Crippen molar-refractivity contribution in [2.24, 2.45) is 5.92 Å². The molecule has 1 heterocycles. The van der Waals surface area contributed by atoms with Gasteiger partial charge in [0.2, 0.25) is 0 Å². The average Bonchev–Trinajstić information content (AvgIpc) is 2.78. The smallest absolute Gasteiger partial charge is 0.306 e. The van der Waals surface area contributed by atoms with Crippen molar-refractivity contribution in [2.75, 3.05) is 0 Å². The Hall–Kier alpha value is -2.10. The molecule has 0 radical (unpaired) electrons. The van der Waals surface area contributed by atoms with Crippen LogP contribution in [-0.4, -0.2) is 20.9 Å². The molecule has 0 fully saturated rings. The highest BCUT2D eigenvalue weighted by Gasteiger charge is 2.14. The summed E-state index contributed by atoms with van der Waals surface area (Å²) in [6.07, 6.45) is 2.17. The van der Waals surface area contributed by atoms with Gasteiger partial charge in [0.15, 0.2) is 0 Å². The van der Waals surface area contributed by atoms with Gasteiger partial charge in [0.1, 0.15) is 0 Å². The molecule has 0 bridgehead atoms. The number of aliphatic carboxylic acids is 1. The summed E-state index contributed by atoms with van der Waals surface area (Å²) >= 11 is 0. The molecule has 0 aliphatic carbocycles. The number of aromatic nitrogens is 2. The van der Waals surface area contributed by atoms with Gasteiger partial charge in [-0.1, -0.05) is 25.1 Å². The lowest BCUT2D eigenvalue weighted by Gasteiger charge is -2.09. The second-order valence-corrected chi connectivity index (χ2v) is 4.01. The number of para-hydroxylation sites is 1. The molecule has 0 saturated carbocycles. The van der Waals surface area contributed by atoms with E-state index >= 15 is 0 Å². The molecule has 0 aliphatic heterocycles. The van der Waals surface area contributed by atoms with Gasteiger partial charge >= 0.3 is 5.97 Å². The third kappa shape index (κ3) is 2.53. The number of nitrogens with zero attached hydrogens (tertiary/aromatic N) is 2. The van der Waals surface area contributed by atoms with Gasteiger partial charge in [0.25, 0.3) is 0 Å². The molecule has 0 amide bonds. The summed E-state index contributed by atoms with van der Waals surface area (Å²) in [7, 11) is 0. The minimum atomic E-state index is -0.786. The lowest BCUT2D eigenvalue weighted by atomic mass is 10.1. The molecular formula is C13H14N2O2. The van der Waals surface area contributed by atoms with E-state index < -0.39 is 11.9 Å². The second-order valence-electron chi connectivity index (χ2n) is 4.01. The van der Waals surface area contributed by atoms with E-state index in [4.69, 9.17) is 5.11 Å².